The molecule has 1 N–H and O–H groups in total. The molecule has 0 heterocycles. The minimum absolute atomic E-state index is 0.0371. The van der Waals surface area contributed by atoms with E-state index in [0.717, 1.165) is 12.8 Å². The van der Waals surface area contributed by atoms with E-state index < -0.39 is 12.0 Å². The van der Waals surface area contributed by atoms with E-state index in [4.69, 9.17) is 5.11 Å². The molecule has 1 atom stereocenters. The van der Waals surface area contributed by atoms with Crippen LogP contribution in [0.2, 0.25) is 0 Å². The number of carboxylic acid groups (broad SMARTS) is 1. The van der Waals surface area contributed by atoms with Gasteiger partial charge in [-0.15, -0.1) is 0 Å². The van der Waals surface area contributed by atoms with Crippen molar-refractivity contribution in [3.05, 3.63) is 0 Å². The molecule has 1 amide bonds. The number of aliphatic carboxylic acids is 1. The fraction of sp³-hybridized carbons (Fsp3) is 0.750. The second kappa shape index (κ2) is 3.13. The summed E-state index contributed by atoms with van der Waals surface area (Å²) in [4.78, 5) is 23.1. The van der Waals surface area contributed by atoms with E-state index in [1.165, 1.54) is 11.8 Å². The van der Waals surface area contributed by atoms with Crippen molar-refractivity contribution in [3.63, 3.8) is 0 Å². The number of carbonyl (C=O) groups is 2. The number of carboxylic acids is 1. The molecule has 1 aliphatic carbocycles. The van der Waals surface area contributed by atoms with Crippen molar-refractivity contribution in [2.45, 2.75) is 25.8 Å². The van der Waals surface area contributed by atoms with Crippen LogP contribution >= 0.6 is 0 Å². The molecular formula is C8H13NO3. The van der Waals surface area contributed by atoms with Crippen LogP contribution in [-0.2, 0) is 9.59 Å². The average molecular weight is 171 g/mol. The largest absolute Gasteiger partial charge is 0.480 e. The Balaban J connectivity index is 2.50. The van der Waals surface area contributed by atoms with Crippen LogP contribution in [0.25, 0.3) is 0 Å². The summed E-state index contributed by atoms with van der Waals surface area (Å²) in [5.74, 6) is -0.895. The second-order valence-corrected chi connectivity index (χ2v) is 3.24. The van der Waals surface area contributed by atoms with Gasteiger partial charge in [-0.3, -0.25) is 4.79 Å². The number of carbonyl (C=O) groups excluding carboxylic acids is 1. The third-order valence-corrected chi connectivity index (χ3v) is 2.21. The molecule has 0 bridgehead atoms. The summed E-state index contributed by atoms with van der Waals surface area (Å²) in [7, 11) is 1.54. The molecule has 12 heavy (non-hydrogen) atoms. The zero-order valence-corrected chi connectivity index (χ0v) is 7.28. The van der Waals surface area contributed by atoms with Crippen LogP contribution in [0.1, 0.15) is 19.8 Å². The number of hydrogen-bond donors (Lipinski definition) is 1. The van der Waals surface area contributed by atoms with Gasteiger partial charge in [-0.05, 0) is 19.8 Å². The Morgan fingerprint density at radius 3 is 2.33 bits per heavy atom. The lowest BCUT2D eigenvalue weighted by Gasteiger charge is -2.21. The van der Waals surface area contributed by atoms with Crippen molar-refractivity contribution in [1.82, 2.24) is 4.90 Å². The van der Waals surface area contributed by atoms with E-state index in [1.54, 1.807) is 7.05 Å². The monoisotopic (exact) mass is 171 g/mol. The van der Waals surface area contributed by atoms with Gasteiger partial charge in [0.05, 0.1) is 0 Å². The lowest BCUT2D eigenvalue weighted by Crippen LogP contribution is -2.40. The van der Waals surface area contributed by atoms with Crippen molar-refractivity contribution in [2.24, 2.45) is 5.92 Å². The molecule has 1 aliphatic rings. The normalized spacial score (nSPS) is 18.5. The summed E-state index contributed by atoms with van der Waals surface area (Å²) in [5.41, 5.74) is 0. The molecular weight excluding hydrogens is 158 g/mol. The topological polar surface area (TPSA) is 57.6 Å². The standard InChI is InChI=1S/C8H13NO3/c1-5(8(11)12)9(2)7(10)6-3-4-6/h5-6H,3-4H2,1-2H3,(H,11,12). The number of nitrogens with zero attached hydrogens (tertiary/aromatic N) is 1. The first kappa shape index (κ1) is 9.03. The molecule has 4 nitrogen and oxygen atoms in total. The van der Waals surface area contributed by atoms with Crippen molar-refractivity contribution in [1.29, 1.82) is 0 Å². The number of hydrogen-bond acceptors (Lipinski definition) is 2. The molecule has 0 radical (unpaired) electrons. The van der Waals surface area contributed by atoms with E-state index in [-0.39, 0.29) is 11.8 Å². The Labute approximate surface area is 71.2 Å². The summed E-state index contributed by atoms with van der Waals surface area (Å²) in [6, 6.07) is -0.710. The Morgan fingerprint density at radius 1 is 1.50 bits per heavy atom. The van der Waals surface area contributed by atoms with Gasteiger partial charge in [0.2, 0.25) is 5.91 Å². The van der Waals surface area contributed by atoms with Gasteiger partial charge >= 0.3 is 5.97 Å². The summed E-state index contributed by atoms with van der Waals surface area (Å²) < 4.78 is 0. The second-order valence-electron chi connectivity index (χ2n) is 3.24. The summed E-state index contributed by atoms with van der Waals surface area (Å²) >= 11 is 0. The summed E-state index contributed by atoms with van der Waals surface area (Å²) in [6.07, 6.45) is 1.82. The first-order chi connectivity index (χ1) is 5.54. The maximum Gasteiger partial charge on any atom is 0.326 e. The predicted octanol–water partition coefficient (Wildman–Crippen LogP) is 0.328. The Kier molecular flexibility index (Phi) is 2.35. The Hall–Kier alpha value is -1.06. The smallest absolute Gasteiger partial charge is 0.326 e. The van der Waals surface area contributed by atoms with E-state index in [0.29, 0.717) is 0 Å². The SMILES string of the molecule is CC(C(=O)O)N(C)C(=O)C1CC1. The molecule has 1 fully saturated rings. The number of likely N-dealkylation sites (N-methyl/N-ethyl adjacent to an activating group) is 1. The van der Waals surface area contributed by atoms with E-state index >= 15 is 0 Å². The van der Waals surface area contributed by atoms with Gasteiger partial charge in [0.15, 0.2) is 0 Å². The van der Waals surface area contributed by atoms with Gasteiger partial charge < -0.3 is 10.0 Å². The van der Waals surface area contributed by atoms with E-state index in [1.807, 2.05) is 0 Å². The molecule has 4 heteroatoms. The van der Waals surface area contributed by atoms with Gasteiger partial charge in [-0.25, -0.2) is 4.79 Å². The lowest BCUT2D eigenvalue weighted by molar-refractivity contribution is -0.148. The average Bonchev–Trinajstić information content (AvgIpc) is 2.82. The molecule has 68 valence electrons. The molecule has 0 aromatic heterocycles. The molecule has 1 rings (SSSR count). The summed E-state index contributed by atoms with van der Waals surface area (Å²) in [5, 5.41) is 8.61. The summed E-state index contributed by atoms with van der Waals surface area (Å²) in [6.45, 7) is 1.52. The lowest BCUT2D eigenvalue weighted by atomic mass is 10.2. The van der Waals surface area contributed by atoms with Crippen LogP contribution in [-0.4, -0.2) is 35.0 Å². The maximum absolute atomic E-state index is 11.3. The van der Waals surface area contributed by atoms with Crippen LogP contribution in [0.15, 0.2) is 0 Å². The van der Waals surface area contributed by atoms with Gasteiger partial charge in [-0.2, -0.15) is 0 Å². The number of rotatable bonds is 3. The molecule has 0 aromatic rings. The molecule has 0 aromatic carbocycles. The van der Waals surface area contributed by atoms with Crippen molar-refractivity contribution in [2.75, 3.05) is 7.05 Å². The van der Waals surface area contributed by atoms with E-state index in [9.17, 15) is 9.59 Å². The molecule has 1 saturated carbocycles. The highest BCUT2D eigenvalue weighted by Crippen LogP contribution is 2.31. The highest BCUT2D eigenvalue weighted by Gasteiger charge is 2.34. The Bertz CT molecular complexity index is 210. The minimum atomic E-state index is -0.952. The molecule has 0 aliphatic heterocycles. The van der Waals surface area contributed by atoms with Crippen molar-refractivity contribution in [3.8, 4) is 0 Å². The fourth-order valence-corrected chi connectivity index (χ4v) is 0.975. The van der Waals surface area contributed by atoms with Crippen molar-refractivity contribution >= 4 is 11.9 Å². The Morgan fingerprint density at radius 2 is 2.00 bits per heavy atom. The van der Waals surface area contributed by atoms with Gasteiger partial charge in [0.25, 0.3) is 0 Å². The zero-order valence-electron chi connectivity index (χ0n) is 7.28. The van der Waals surface area contributed by atoms with Gasteiger partial charge in [0, 0.05) is 13.0 Å². The van der Waals surface area contributed by atoms with Gasteiger partial charge in [-0.1, -0.05) is 0 Å². The van der Waals surface area contributed by atoms with Gasteiger partial charge in [0.1, 0.15) is 6.04 Å². The molecule has 1 unspecified atom stereocenters. The zero-order chi connectivity index (χ0) is 9.30. The van der Waals surface area contributed by atoms with Crippen molar-refractivity contribution < 1.29 is 14.7 Å². The first-order valence-corrected chi connectivity index (χ1v) is 4.03. The quantitative estimate of drug-likeness (QED) is 0.665. The third kappa shape index (κ3) is 1.75. The van der Waals surface area contributed by atoms with Crippen LogP contribution in [0, 0.1) is 5.92 Å². The van der Waals surface area contributed by atoms with E-state index in [2.05, 4.69) is 0 Å². The highest BCUT2D eigenvalue weighted by atomic mass is 16.4. The predicted molar refractivity (Wildman–Crippen MR) is 42.6 cm³/mol. The van der Waals surface area contributed by atoms with Crippen LogP contribution in [0.5, 0.6) is 0 Å². The first-order valence-electron chi connectivity index (χ1n) is 4.03. The maximum atomic E-state index is 11.3. The van der Waals surface area contributed by atoms with Crippen LogP contribution in [0.4, 0.5) is 0 Å². The third-order valence-electron chi connectivity index (χ3n) is 2.21. The minimum Gasteiger partial charge on any atom is -0.480 e. The fourth-order valence-electron chi connectivity index (χ4n) is 0.975. The number of amides is 1. The highest BCUT2D eigenvalue weighted by molar-refractivity contribution is 5.85. The molecule has 0 spiro atoms. The molecule has 0 saturated heterocycles. The van der Waals surface area contributed by atoms with Crippen LogP contribution < -0.4 is 0 Å². The van der Waals surface area contributed by atoms with Crippen LogP contribution in [0.3, 0.4) is 0 Å².